The Morgan fingerprint density at radius 3 is 2.03 bits per heavy atom. The molecule has 2 aromatic carbocycles. The Bertz CT molecular complexity index is 1310. The first-order valence-electron chi connectivity index (χ1n) is 12.3. The van der Waals surface area contributed by atoms with Crippen LogP contribution >= 0.6 is 11.6 Å². The van der Waals surface area contributed by atoms with Crippen LogP contribution in [0, 0.1) is 5.92 Å². The number of hydrogen-bond acceptors (Lipinski definition) is 7. The summed E-state index contributed by atoms with van der Waals surface area (Å²) < 4.78 is 22.9. The van der Waals surface area contributed by atoms with Gasteiger partial charge in [-0.3, -0.25) is 0 Å². The fraction of sp³-hybridized carbons (Fsp3) is 0.207. The molecule has 1 amide bonds. The highest BCUT2D eigenvalue weighted by Crippen LogP contribution is 2.26. The Morgan fingerprint density at radius 1 is 0.789 bits per heavy atom. The molecule has 0 spiro atoms. The van der Waals surface area contributed by atoms with Gasteiger partial charge in [-0.1, -0.05) is 17.7 Å². The van der Waals surface area contributed by atoms with Gasteiger partial charge in [-0.25, -0.2) is 14.8 Å². The highest BCUT2D eigenvalue weighted by Gasteiger charge is 2.24. The molecule has 4 aromatic rings. The summed E-state index contributed by atoms with van der Waals surface area (Å²) in [7, 11) is 0. The number of aromatic nitrogens is 2. The monoisotopic (exact) mass is 531 g/mol. The molecule has 0 unspecified atom stereocenters. The zero-order chi connectivity index (χ0) is 26.2. The molecule has 0 radical (unpaired) electrons. The van der Waals surface area contributed by atoms with E-state index in [-0.39, 0.29) is 6.09 Å². The second kappa shape index (κ2) is 12.3. The summed E-state index contributed by atoms with van der Waals surface area (Å²) in [6, 6.07) is 23.2. The van der Waals surface area contributed by atoms with Crippen molar-refractivity contribution in [1.82, 2.24) is 14.9 Å². The number of rotatable bonds is 8. The SMILES string of the molecule is O=C(Oc1ccc(Oc2ccc(Cl)cn2)cc1)N1CCC(COc2ccc(Oc3ccccn3)cc2)CC1. The van der Waals surface area contributed by atoms with E-state index in [0.717, 1.165) is 18.6 Å². The Hall–Kier alpha value is -4.30. The van der Waals surface area contributed by atoms with Crippen LogP contribution in [0.3, 0.4) is 0 Å². The molecule has 3 heterocycles. The van der Waals surface area contributed by atoms with Crippen LogP contribution in [0.5, 0.6) is 34.8 Å². The van der Waals surface area contributed by atoms with E-state index in [1.807, 2.05) is 36.4 Å². The van der Waals surface area contributed by atoms with E-state index < -0.39 is 0 Å². The molecule has 1 fully saturated rings. The summed E-state index contributed by atoms with van der Waals surface area (Å²) >= 11 is 5.84. The van der Waals surface area contributed by atoms with Crippen molar-refractivity contribution in [1.29, 1.82) is 0 Å². The van der Waals surface area contributed by atoms with E-state index >= 15 is 0 Å². The highest BCUT2D eigenvalue weighted by atomic mass is 35.5. The molecule has 194 valence electrons. The number of halogens is 1. The van der Waals surface area contributed by atoms with E-state index in [2.05, 4.69) is 9.97 Å². The van der Waals surface area contributed by atoms with Crippen LogP contribution in [0.2, 0.25) is 5.02 Å². The van der Waals surface area contributed by atoms with Gasteiger partial charge in [0, 0.05) is 37.6 Å². The standard InChI is InChI=1S/C29H26ClN3O5/c30-22-4-13-28(32-19-22)37-25-9-11-26(12-10-25)38-29(34)33-17-14-21(15-18-33)20-35-23-5-7-24(8-6-23)36-27-3-1-2-16-31-27/h1-13,16,19,21H,14-15,17-18,20H2. The van der Waals surface area contributed by atoms with Crippen molar-refractivity contribution in [3.05, 3.63) is 96.3 Å². The Labute approximate surface area is 225 Å². The number of carbonyl (C=O) groups is 1. The Balaban J connectivity index is 1.03. The van der Waals surface area contributed by atoms with Crippen molar-refractivity contribution in [2.24, 2.45) is 5.92 Å². The van der Waals surface area contributed by atoms with Crippen LogP contribution in [0.15, 0.2) is 91.3 Å². The Kier molecular flexibility index (Phi) is 8.20. The maximum Gasteiger partial charge on any atom is 0.415 e. The maximum atomic E-state index is 12.6. The van der Waals surface area contributed by atoms with Crippen LogP contribution < -0.4 is 18.9 Å². The van der Waals surface area contributed by atoms with Crippen LogP contribution in [0.25, 0.3) is 0 Å². The third kappa shape index (κ3) is 7.14. The summed E-state index contributed by atoms with van der Waals surface area (Å²) in [6.45, 7) is 1.83. The lowest BCUT2D eigenvalue weighted by Gasteiger charge is -2.31. The number of carbonyl (C=O) groups excluding carboxylic acids is 1. The molecule has 0 saturated carbocycles. The number of amides is 1. The van der Waals surface area contributed by atoms with E-state index in [1.54, 1.807) is 53.6 Å². The van der Waals surface area contributed by atoms with Gasteiger partial charge >= 0.3 is 6.09 Å². The van der Waals surface area contributed by atoms with Crippen molar-refractivity contribution < 1.29 is 23.7 Å². The molecular formula is C29H26ClN3O5. The zero-order valence-corrected chi connectivity index (χ0v) is 21.3. The van der Waals surface area contributed by atoms with Gasteiger partial charge in [-0.2, -0.15) is 0 Å². The molecule has 9 heteroatoms. The molecule has 0 bridgehead atoms. The second-order valence-electron chi connectivity index (χ2n) is 8.74. The van der Waals surface area contributed by atoms with Crippen LogP contribution in [-0.4, -0.2) is 40.7 Å². The number of benzene rings is 2. The van der Waals surface area contributed by atoms with E-state index in [9.17, 15) is 4.79 Å². The summed E-state index contributed by atoms with van der Waals surface area (Å²) in [5, 5.41) is 0.536. The van der Waals surface area contributed by atoms with Gasteiger partial charge < -0.3 is 23.8 Å². The molecule has 0 atom stereocenters. The van der Waals surface area contributed by atoms with Crippen molar-refractivity contribution in [2.75, 3.05) is 19.7 Å². The number of hydrogen-bond donors (Lipinski definition) is 0. The van der Waals surface area contributed by atoms with Crippen molar-refractivity contribution >= 4 is 17.7 Å². The second-order valence-corrected chi connectivity index (χ2v) is 9.18. The molecule has 0 N–H and O–H groups in total. The summed E-state index contributed by atoms with van der Waals surface area (Å²) in [5.41, 5.74) is 0. The molecular weight excluding hydrogens is 506 g/mol. The van der Waals surface area contributed by atoms with Gasteiger partial charge in [-0.05, 0) is 79.4 Å². The van der Waals surface area contributed by atoms with E-state index in [1.165, 1.54) is 6.20 Å². The number of nitrogens with zero attached hydrogens (tertiary/aromatic N) is 3. The third-order valence-electron chi connectivity index (χ3n) is 5.99. The predicted molar refractivity (Wildman–Crippen MR) is 142 cm³/mol. The molecule has 1 saturated heterocycles. The highest BCUT2D eigenvalue weighted by molar-refractivity contribution is 6.30. The first-order chi connectivity index (χ1) is 18.6. The van der Waals surface area contributed by atoms with Gasteiger partial charge in [0.15, 0.2) is 0 Å². The number of pyridine rings is 2. The minimum Gasteiger partial charge on any atom is -0.493 e. The molecule has 8 nitrogen and oxygen atoms in total. The smallest absolute Gasteiger partial charge is 0.415 e. The van der Waals surface area contributed by atoms with Crippen molar-refractivity contribution in [3.63, 3.8) is 0 Å². The summed E-state index contributed by atoms with van der Waals surface area (Å²) in [5.74, 6) is 3.84. The van der Waals surface area contributed by atoms with Gasteiger partial charge in [0.05, 0.1) is 11.6 Å². The molecule has 2 aromatic heterocycles. The van der Waals surface area contributed by atoms with E-state index in [4.69, 9.17) is 30.5 Å². The first-order valence-corrected chi connectivity index (χ1v) is 12.7. The fourth-order valence-corrected chi connectivity index (χ4v) is 4.02. The average molecular weight is 532 g/mol. The van der Waals surface area contributed by atoms with Crippen LogP contribution in [-0.2, 0) is 0 Å². The van der Waals surface area contributed by atoms with Crippen LogP contribution in [0.4, 0.5) is 4.79 Å². The van der Waals surface area contributed by atoms with Gasteiger partial charge in [0.1, 0.15) is 23.0 Å². The minimum atomic E-state index is -0.360. The molecule has 1 aliphatic heterocycles. The summed E-state index contributed by atoms with van der Waals surface area (Å²) in [6.07, 6.45) is 4.53. The largest absolute Gasteiger partial charge is 0.493 e. The lowest BCUT2D eigenvalue weighted by molar-refractivity contribution is 0.117. The van der Waals surface area contributed by atoms with Crippen LogP contribution in [0.1, 0.15) is 12.8 Å². The zero-order valence-electron chi connectivity index (χ0n) is 20.5. The normalized spacial score (nSPS) is 13.6. The van der Waals surface area contributed by atoms with Crippen molar-refractivity contribution in [2.45, 2.75) is 12.8 Å². The maximum absolute atomic E-state index is 12.6. The number of ether oxygens (including phenoxy) is 4. The summed E-state index contributed by atoms with van der Waals surface area (Å²) in [4.78, 5) is 22.6. The lowest BCUT2D eigenvalue weighted by Crippen LogP contribution is -2.41. The van der Waals surface area contributed by atoms with Crippen molar-refractivity contribution in [3.8, 4) is 34.8 Å². The predicted octanol–water partition coefficient (Wildman–Crippen LogP) is 7.00. The molecule has 0 aliphatic carbocycles. The topological polar surface area (TPSA) is 83.0 Å². The molecule has 1 aliphatic rings. The van der Waals surface area contributed by atoms with Gasteiger partial charge in [0.25, 0.3) is 0 Å². The van der Waals surface area contributed by atoms with Gasteiger partial charge in [0.2, 0.25) is 11.8 Å². The van der Waals surface area contributed by atoms with Gasteiger partial charge in [-0.15, -0.1) is 0 Å². The fourth-order valence-electron chi connectivity index (χ4n) is 3.91. The Morgan fingerprint density at radius 2 is 1.42 bits per heavy atom. The third-order valence-corrected chi connectivity index (χ3v) is 6.22. The molecule has 5 rings (SSSR count). The lowest BCUT2D eigenvalue weighted by atomic mass is 9.98. The quantitative estimate of drug-likeness (QED) is 0.242. The van der Waals surface area contributed by atoms with E-state index in [0.29, 0.717) is 59.6 Å². The number of piperidine rings is 1. The minimum absolute atomic E-state index is 0.360. The molecule has 38 heavy (non-hydrogen) atoms. The average Bonchev–Trinajstić information content (AvgIpc) is 2.96. The first kappa shape index (κ1) is 25.4. The number of likely N-dealkylation sites (tertiary alicyclic amines) is 1.